The predicted molar refractivity (Wildman–Crippen MR) is 121 cm³/mol. The lowest BCUT2D eigenvalue weighted by molar-refractivity contribution is -0.384. The van der Waals surface area contributed by atoms with Crippen molar-refractivity contribution >= 4 is 19.0 Å². The monoisotopic (exact) mass is 461 g/mol. The lowest BCUT2D eigenvalue weighted by Gasteiger charge is -2.38. The van der Waals surface area contributed by atoms with E-state index in [1.165, 1.54) is 26.4 Å². The first kappa shape index (κ1) is 24.1. The average Bonchev–Trinajstić information content (AvgIpc) is 2.77. The minimum atomic E-state index is -3.74. The van der Waals surface area contributed by atoms with Crippen molar-refractivity contribution in [3.8, 4) is 0 Å². The van der Waals surface area contributed by atoms with Crippen molar-refractivity contribution in [3.63, 3.8) is 0 Å². The summed E-state index contributed by atoms with van der Waals surface area (Å²) in [5.74, 6) is -0.112. The number of hydrogen-bond acceptors (Lipinski definition) is 7. The van der Waals surface area contributed by atoms with E-state index >= 15 is 0 Å². The van der Waals surface area contributed by atoms with Crippen LogP contribution in [0.1, 0.15) is 44.2 Å². The zero-order valence-electron chi connectivity index (χ0n) is 18.8. The zero-order chi connectivity index (χ0) is 23.5. The fourth-order valence-electron chi connectivity index (χ4n) is 3.68. The molecule has 2 aromatic carbocycles. The van der Waals surface area contributed by atoms with Crippen LogP contribution in [0.15, 0.2) is 59.9 Å². The maximum absolute atomic E-state index is 13.7. The number of non-ortho nitro benzene ring substituents is 1. The van der Waals surface area contributed by atoms with Gasteiger partial charge in [0.15, 0.2) is 0 Å². The quantitative estimate of drug-likeness (QED) is 0.279. The van der Waals surface area contributed by atoms with Gasteiger partial charge in [0.25, 0.3) is 5.69 Å². The normalized spacial score (nSPS) is 19.5. The summed E-state index contributed by atoms with van der Waals surface area (Å²) in [4.78, 5) is 10.7. The van der Waals surface area contributed by atoms with Gasteiger partial charge in [0, 0.05) is 44.3 Å². The maximum Gasteiger partial charge on any atom is 0.361 e. The highest BCUT2D eigenvalue weighted by molar-refractivity contribution is 7.58. The molecule has 0 fully saturated rings. The minimum Gasteiger partial charge on any atom is -0.464 e. The van der Waals surface area contributed by atoms with Gasteiger partial charge in [0.2, 0.25) is 6.29 Å². The Balaban J connectivity index is 2.23. The van der Waals surface area contributed by atoms with Crippen LogP contribution in [0.2, 0.25) is 0 Å². The van der Waals surface area contributed by atoms with Gasteiger partial charge in [0.05, 0.1) is 15.8 Å². The van der Waals surface area contributed by atoms with Crippen LogP contribution < -0.4 is 0 Å². The summed E-state index contributed by atoms with van der Waals surface area (Å²) < 4.78 is 36.8. The lowest BCUT2D eigenvalue weighted by Crippen LogP contribution is -2.33. The van der Waals surface area contributed by atoms with E-state index in [0.717, 1.165) is 5.56 Å². The summed E-state index contributed by atoms with van der Waals surface area (Å²) in [7, 11) is -1.10. The van der Waals surface area contributed by atoms with Gasteiger partial charge in [0.1, 0.15) is 5.76 Å². The van der Waals surface area contributed by atoms with E-state index in [2.05, 4.69) is 0 Å². The summed E-state index contributed by atoms with van der Waals surface area (Å²) in [6.45, 7) is 5.77. The molecule has 1 aliphatic rings. The highest BCUT2D eigenvalue weighted by Crippen LogP contribution is 2.64. The Bertz CT molecular complexity index is 1020. The molecule has 0 amide bonds. The largest absolute Gasteiger partial charge is 0.464 e. The molecule has 9 heteroatoms. The number of hydrogen-bond donors (Lipinski definition) is 0. The molecule has 0 unspecified atom stereocenters. The molecule has 0 radical (unpaired) electrons. The van der Waals surface area contributed by atoms with Gasteiger partial charge in [-0.05, 0) is 26.3 Å². The fraction of sp³-hybridized carbons (Fsp3) is 0.391. The molecule has 3 rings (SSSR count). The zero-order valence-corrected chi connectivity index (χ0v) is 19.7. The van der Waals surface area contributed by atoms with E-state index in [-0.39, 0.29) is 5.69 Å². The standard InChI is InChI=1S/C23H28NO7P/c1-23(2,3)31-20-15-19(16-11-13-18(14-12-16)24(25)26)22(32(27,28-4)29-5)21(30-20)17-9-7-6-8-10-17/h6-14,19-20H,15H2,1-5H3/t19-,20+/m0/s1. The highest BCUT2D eigenvalue weighted by Gasteiger charge is 2.44. The van der Waals surface area contributed by atoms with Crippen LogP contribution in [0.4, 0.5) is 5.69 Å². The molecule has 2 atom stereocenters. The molecular formula is C23H28NO7P. The van der Waals surface area contributed by atoms with Crippen LogP contribution in [0.5, 0.6) is 0 Å². The van der Waals surface area contributed by atoms with Crippen molar-refractivity contribution in [2.24, 2.45) is 0 Å². The second kappa shape index (κ2) is 9.55. The molecule has 0 spiro atoms. The Labute approximate surface area is 187 Å². The van der Waals surface area contributed by atoms with E-state index in [1.807, 2.05) is 51.1 Å². The summed E-state index contributed by atoms with van der Waals surface area (Å²) >= 11 is 0. The second-order valence-corrected chi connectivity index (χ2v) is 10.6. The van der Waals surface area contributed by atoms with E-state index in [0.29, 0.717) is 23.1 Å². The third-order valence-electron chi connectivity index (χ3n) is 5.04. The van der Waals surface area contributed by atoms with Crippen molar-refractivity contribution in [1.82, 2.24) is 0 Å². The van der Waals surface area contributed by atoms with Crippen molar-refractivity contribution in [1.29, 1.82) is 0 Å². The Morgan fingerprint density at radius 1 is 1.03 bits per heavy atom. The molecule has 0 aromatic heterocycles. The molecule has 0 N–H and O–H groups in total. The van der Waals surface area contributed by atoms with Crippen molar-refractivity contribution < 1.29 is 28.0 Å². The van der Waals surface area contributed by atoms with Gasteiger partial charge in [-0.25, -0.2) is 0 Å². The molecule has 1 aliphatic heterocycles. The SMILES string of the molecule is COP(=O)(OC)C1=C(c2ccccc2)O[C@H](OC(C)(C)C)C[C@H]1c1ccc([N+](=O)[O-])cc1. The highest BCUT2D eigenvalue weighted by atomic mass is 31.2. The first-order chi connectivity index (χ1) is 15.1. The van der Waals surface area contributed by atoms with E-state index < -0.39 is 30.3 Å². The van der Waals surface area contributed by atoms with Crippen LogP contribution in [0, 0.1) is 10.1 Å². The van der Waals surface area contributed by atoms with Gasteiger partial charge < -0.3 is 18.5 Å². The number of benzene rings is 2. The minimum absolute atomic E-state index is 0.0289. The van der Waals surface area contributed by atoms with Crippen LogP contribution in [-0.2, 0) is 23.1 Å². The summed E-state index contributed by atoms with van der Waals surface area (Å²) in [5.41, 5.74) is 0.903. The third kappa shape index (κ3) is 5.27. The molecule has 1 heterocycles. The Hall–Kier alpha value is -2.51. The number of nitro groups is 1. The van der Waals surface area contributed by atoms with Gasteiger partial charge in [-0.15, -0.1) is 0 Å². The summed E-state index contributed by atoms with van der Waals surface area (Å²) in [5, 5.41) is 11.5. The first-order valence-electron chi connectivity index (χ1n) is 10.2. The Morgan fingerprint density at radius 2 is 1.62 bits per heavy atom. The van der Waals surface area contributed by atoms with E-state index in [1.54, 1.807) is 12.1 Å². The van der Waals surface area contributed by atoms with Crippen molar-refractivity contribution in [2.45, 2.75) is 45.0 Å². The van der Waals surface area contributed by atoms with Gasteiger partial charge in [-0.2, -0.15) is 0 Å². The van der Waals surface area contributed by atoms with Gasteiger partial charge >= 0.3 is 7.60 Å². The Kier molecular flexibility index (Phi) is 7.20. The van der Waals surface area contributed by atoms with Gasteiger partial charge in [-0.1, -0.05) is 42.5 Å². The first-order valence-corrected chi connectivity index (χ1v) is 11.7. The molecule has 8 nitrogen and oxygen atoms in total. The Morgan fingerprint density at radius 3 is 2.12 bits per heavy atom. The molecule has 0 aliphatic carbocycles. The summed E-state index contributed by atoms with van der Waals surface area (Å²) in [6.07, 6.45) is -0.311. The van der Waals surface area contributed by atoms with Crippen LogP contribution in [0.3, 0.4) is 0 Å². The second-order valence-electron chi connectivity index (χ2n) is 8.36. The number of nitrogens with zero attached hydrogens (tertiary/aromatic N) is 1. The topological polar surface area (TPSA) is 97.1 Å². The smallest absolute Gasteiger partial charge is 0.361 e. The van der Waals surface area contributed by atoms with Crippen molar-refractivity contribution in [2.75, 3.05) is 14.2 Å². The maximum atomic E-state index is 13.7. The van der Waals surface area contributed by atoms with E-state index in [9.17, 15) is 14.7 Å². The van der Waals surface area contributed by atoms with Crippen LogP contribution in [-0.4, -0.2) is 31.0 Å². The fourth-order valence-corrected chi connectivity index (χ4v) is 5.29. The molecule has 172 valence electrons. The van der Waals surface area contributed by atoms with E-state index in [4.69, 9.17) is 18.5 Å². The van der Waals surface area contributed by atoms with Crippen molar-refractivity contribution in [3.05, 3.63) is 81.2 Å². The number of ether oxygens (including phenoxy) is 2. The number of nitro benzene ring substituents is 1. The number of allylic oxidation sites excluding steroid dienone is 1. The predicted octanol–water partition coefficient (Wildman–Crippen LogP) is 6.09. The summed E-state index contributed by atoms with van der Waals surface area (Å²) in [6, 6.07) is 15.4. The molecule has 0 saturated heterocycles. The molecule has 2 aromatic rings. The average molecular weight is 461 g/mol. The third-order valence-corrected chi connectivity index (χ3v) is 7.11. The van der Waals surface area contributed by atoms with Crippen LogP contribution >= 0.6 is 7.60 Å². The van der Waals surface area contributed by atoms with Crippen LogP contribution in [0.25, 0.3) is 5.76 Å². The molecule has 0 bridgehead atoms. The lowest BCUT2D eigenvalue weighted by atomic mass is 9.91. The molecular weight excluding hydrogens is 433 g/mol. The molecule has 0 saturated carbocycles. The van der Waals surface area contributed by atoms with Gasteiger partial charge in [-0.3, -0.25) is 14.7 Å². The molecule has 32 heavy (non-hydrogen) atoms. The number of rotatable bonds is 7.